The summed E-state index contributed by atoms with van der Waals surface area (Å²) in [6, 6.07) is 6.39. The van der Waals surface area contributed by atoms with Gasteiger partial charge in [-0.2, -0.15) is 0 Å². The van der Waals surface area contributed by atoms with Crippen LogP contribution >= 0.6 is 0 Å². The number of hydrogen-bond acceptors (Lipinski definition) is 3. The molecule has 20 heavy (non-hydrogen) atoms. The summed E-state index contributed by atoms with van der Waals surface area (Å²) in [7, 11) is 0. The number of nitrogens with zero attached hydrogens (tertiary/aromatic N) is 1. The molecule has 0 heterocycles. The highest BCUT2D eigenvalue weighted by molar-refractivity contribution is 5.74. The van der Waals surface area contributed by atoms with E-state index in [1.165, 1.54) is 12.1 Å². The Balaban J connectivity index is 2.02. The van der Waals surface area contributed by atoms with Gasteiger partial charge in [0.2, 0.25) is 0 Å². The van der Waals surface area contributed by atoms with Gasteiger partial charge in [-0.05, 0) is 31.2 Å². The van der Waals surface area contributed by atoms with Gasteiger partial charge in [0.15, 0.2) is 0 Å². The minimum atomic E-state index is -0.695. The first-order valence-corrected chi connectivity index (χ1v) is 7.00. The van der Waals surface area contributed by atoms with Crippen molar-refractivity contribution in [2.24, 2.45) is 5.41 Å². The summed E-state index contributed by atoms with van der Waals surface area (Å²) in [6.07, 6.45) is 5.83. The predicted molar refractivity (Wildman–Crippen MR) is 74.6 cm³/mol. The molecule has 0 saturated heterocycles. The number of aryl methyl sites for hydroxylation is 1. The molecule has 108 valence electrons. The second kappa shape index (κ2) is 6.03. The number of carboxylic acid groups (broad SMARTS) is 1. The quantitative estimate of drug-likeness (QED) is 0.659. The number of aliphatic carboxylic acids is 1. The maximum atomic E-state index is 11.6. The molecule has 2 rings (SSSR count). The third kappa shape index (κ3) is 3.15. The minimum absolute atomic E-state index is 0.0689. The summed E-state index contributed by atoms with van der Waals surface area (Å²) < 4.78 is 0. The van der Waals surface area contributed by atoms with E-state index in [2.05, 4.69) is 0 Å². The van der Waals surface area contributed by atoms with Crippen molar-refractivity contribution in [3.8, 4) is 0 Å². The number of carboxylic acids is 1. The summed E-state index contributed by atoms with van der Waals surface area (Å²) in [5, 5.41) is 20.1. The Labute approximate surface area is 117 Å². The Bertz CT molecular complexity index is 489. The fraction of sp³-hybridized carbons (Fsp3) is 0.533. The lowest BCUT2D eigenvalue weighted by molar-refractivity contribution is -0.384. The summed E-state index contributed by atoms with van der Waals surface area (Å²) in [6.45, 7) is 0. The van der Waals surface area contributed by atoms with Crippen molar-refractivity contribution in [3.63, 3.8) is 0 Å². The molecule has 0 unspecified atom stereocenters. The van der Waals surface area contributed by atoms with Crippen LogP contribution < -0.4 is 0 Å². The third-order valence-corrected chi connectivity index (χ3v) is 4.30. The standard InChI is InChI=1S/C15H19NO4/c17-14(18)15(9-2-1-3-10-15)11-8-12-4-6-13(7-5-12)16(19)20/h4-7H,1-3,8-11H2,(H,17,18). The monoisotopic (exact) mass is 277 g/mol. The second-order valence-corrected chi connectivity index (χ2v) is 5.57. The van der Waals surface area contributed by atoms with Crippen LogP contribution in [0, 0.1) is 15.5 Å². The zero-order valence-electron chi connectivity index (χ0n) is 11.4. The molecular weight excluding hydrogens is 258 g/mol. The molecule has 0 aliphatic heterocycles. The Morgan fingerprint density at radius 1 is 1.20 bits per heavy atom. The highest BCUT2D eigenvalue weighted by Gasteiger charge is 2.38. The highest BCUT2D eigenvalue weighted by atomic mass is 16.6. The molecule has 5 heteroatoms. The van der Waals surface area contributed by atoms with Gasteiger partial charge in [-0.3, -0.25) is 14.9 Å². The SMILES string of the molecule is O=C(O)C1(CCc2ccc([N+](=O)[O-])cc2)CCCCC1. The fourth-order valence-electron chi connectivity index (χ4n) is 2.97. The molecule has 0 aromatic heterocycles. The van der Waals surface area contributed by atoms with Crippen LogP contribution in [0.15, 0.2) is 24.3 Å². The van der Waals surface area contributed by atoms with Crippen LogP contribution in [0.5, 0.6) is 0 Å². The number of benzene rings is 1. The number of non-ortho nitro benzene ring substituents is 1. The van der Waals surface area contributed by atoms with Crippen molar-refractivity contribution < 1.29 is 14.8 Å². The van der Waals surface area contributed by atoms with Gasteiger partial charge in [0.05, 0.1) is 10.3 Å². The smallest absolute Gasteiger partial charge is 0.309 e. The lowest BCUT2D eigenvalue weighted by Gasteiger charge is -2.33. The first-order valence-electron chi connectivity index (χ1n) is 7.00. The first kappa shape index (κ1) is 14.5. The van der Waals surface area contributed by atoms with Gasteiger partial charge < -0.3 is 5.11 Å². The normalized spacial score (nSPS) is 17.6. The number of nitro benzene ring substituents is 1. The maximum absolute atomic E-state index is 11.6. The average Bonchev–Trinajstić information content (AvgIpc) is 2.46. The van der Waals surface area contributed by atoms with Crippen molar-refractivity contribution >= 4 is 11.7 Å². The average molecular weight is 277 g/mol. The van der Waals surface area contributed by atoms with Gasteiger partial charge in [0.1, 0.15) is 0 Å². The zero-order valence-corrected chi connectivity index (χ0v) is 11.4. The van der Waals surface area contributed by atoms with Gasteiger partial charge in [-0.15, -0.1) is 0 Å². The Morgan fingerprint density at radius 3 is 2.30 bits per heavy atom. The van der Waals surface area contributed by atoms with Crippen LogP contribution in [0.25, 0.3) is 0 Å². The first-order chi connectivity index (χ1) is 9.53. The molecule has 0 atom stereocenters. The molecular formula is C15H19NO4. The molecule has 1 aromatic carbocycles. The van der Waals surface area contributed by atoms with E-state index < -0.39 is 16.3 Å². The molecule has 1 aliphatic rings. The Hall–Kier alpha value is -1.91. The zero-order chi connectivity index (χ0) is 14.6. The van der Waals surface area contributed by atoms with Crippen molar-refractivity contribution in [1.82, 2.24) is 0 Å². The number of hydrogen-bond donors (Lipinski definition) is 1. The van der Waals surface area contributed by atoms with Crippen molar-refractivity contribution in [2.75, 3.05) is 0 Å². The van der Waals surface area contributed by atoms with E-state index in [0.717, 1.165) is 37.7 Å². The fourth-order valence-corrected chi connectivity index (χ4v) is 2.97. The Kier molecular flexibility index (Phi) is 4.37. The lowest BCUT2D eigenvalue weighted by Crippen LogP contribution is -2.33. The predicted octanol–water partition coefficient (Wildman–Crippen LogP) is 3.56. The topological polar surface area (TPSA) is 80.4 Å². The van der Waals surface area contributed by atoms with E-state index >= 15 is 0 Å². The molecule has 0 spiro atoms. The van der Waals surface area contributed by atoms with Gasteiger partial charge >= 0.3 is 5.97 Å². The molecule has 0 amide bonds. The molecule has 0 bridgehead atoms. The summed E-state index contributed by atoms with van der Waals surface area (Å²) >= 11 is 0. The molecule has 1 saturated carbocycles. The van der Waals surface area contributed by atoms with Crippen LogP contribution in [0.4, 0.5) is 5.69 Å². The number of nitro groups is 1. The minimum Gasteiger partial charge on any atom is -0.481 e. The molecule has 1 N–H and O–H groups in total. The molecule has 1 aliphatic carbocycles. The van der Waals surface area contributed by atoms with Crippen molar-refractivity contribution in [3.05, 3.63) is 39.9 Å². The van der Waals surface area contributed by atoms with E-state index in [4.69, 9.17) is 0 Å². The van der Waals surface area contributed by atoms with E-state index in [1.807, 2.05) is 0 Å². The van der Waals surface area contributed by atoms with Crippen molar-refractivity contribution in [1.29, 1.82) is 0 Å². The van der Waals surface area contributed by atoms with E-state index in [-0.39, 0.29) is 5.69 Å². The summed E-state index contributed by atoms with van der Waals surface area (Å²) in [5.74, 6) is -0.695. The van der Waals surface area contributed by atoms with E-state index in [9.17, 15) is 20.0 Å². The third-order valence-electron chi connectivity index (χ3n) is 4.30. The lowest BCUT2D eigenvalue weighted by atomic mass is 9.71. The van der Waals surface area contributed by atoms with Crippen LogP contribution in [0.1, 0.15) is 44.1 Å². The second-order valence-electron chi connectivity index (χ2n) is 5.57. The van der Waals surface area contributed by atoms with E-state index in [1.54, 1.807) is 12.1 Å². The van der Waals surface area contributed by atoms with Crippen LogP contribution in [-0.2, 0) is 11.2 Å². The van der Waals surface area contributed by atoms with Crippen LogP contribution in [-0.4, -0.2) is 16.0 Å². The maximum Gasteiger partial charge on any atom is 0.309 e. The van der Waals surface area contributed by atoms with Gasteiger partial charge in [0.25, 0.3) is 5.69 Å². The summed E-state index contributed by atoms with van der Waals surface area (Å²) in [5.41, 5.74) is 0.432. The van der Waals surface area contributed by atoms with Gasteiger partial charge in [-0.25, -0.2) is 0 Å². The number of carbonyl (C=O) groups is 1. The van der Waals surface area contributed by atoms with Crippen molar-refractivity contribution in [2.45, 2.75) is 44.9 Å². The van der Waals surface area contributed by atoms with Gasteiger partial charge in [-0.1, -0.05) is 31.4 Å². The summed E-state index contributed by atoms with van der Waals surface area (Å²) in [4.78, 5) is 21.7. The van der Waals surface area contributed by atoms with Crippen LogP contribution in [0.3, 0.4) is 0 Å². The number of rotatable bonds is 5. The van der Waals surface area contributed by atoms with Crippen LogP contribution in [0.2, 0.25) is 0 Å². The van der Waals surface area contributed by atoms with E-state index in [0.29, 0.717) is 12.8 Å². The Morgan fingerprint density at radius 2 is 1.80 bits per heavy atom. The van der Waals surface area contributed by atoms with Gasteiger partial charge in [0, 0.05) is 12.1 Å². The largest absolute Gasteiger partial charge is 0.481 e. The highest BCUT2D eigenvalue weighted by Crippen LogP contribution is 2.40. The molecule has 0 radical (unpaired) electrons. The molecule has 5 nitrogen and oxygen atoms in total. The molecule has 1 fully saturated rings. The molecule has 1 aromatic rings.